The van der Waals surface area contributed by atoms with Gasteiger partial charge < -0.3 is 9.47 Å². The molecule has 0 fully saturated rings. The molecule has 0 radical (unpaired) electrons. The summed E-state index contributed by atoms with van der Waals surface area (Å²) in [4.78, 5) is 12.3. The Balaban J connectivity index is 1.79. The lowest BCUT2D eigenvalue weighted by Gasteiger charge is -2.13. The number of benzene rings is 2. The van der Waals surface area contributed by atoms with Crippen molar-refractivity contribution in [2.45, 2.75) is 33.8 Å². The fourth-order valence-electron chi connectivity index (χ4n) is 3.02. The summed E-state index contributed by atoms with van der Waals surface area (Å²) in [6.45, 7) is 6.15. The molecule has 2 aromatic carbocycles. The van der Waals surface area contributed by atoms with Crippen LogP contribution in [0.3, 0.4) is 0 Å². The van der Waals surface area contributed by atoms with Crippen LogP contribution < -0.4 is 10.4 Å². The maximum absolute atomic E-state index is 12.3. The molecule has 1 heterocycles. The van der Waals surface area contributed by atoms with Gasteiger partial charge in [0, 0.05) is 24.6 Å². The molecule has 0 atom stereocenters. The maximum Gasteiger partial charge on any atom is 0.368 e. The van der Waals surface area contributed by atoms with Gasteiger partial charge in [-0.3, -0.25) is 0 Å². The highest BCUT2D eigenvalue weighted by Gasteiger charge is 2.14. The third kappa shape index (κ3) is 5.74. The normalized spacial score (nSPS) is 11.8. The van der Waals surface area contributed by atoms with E-state index in [0.29, 0.717) is 29.5 Å². The van der Waals surface area contributed by atoms with Crippen LogP contribution in [0.4, 0.5) is 0 Å². The molecule has 170 valence electrons. The van der Waals surface area contributed by atoms with E-state index in [9.17, 15) is 4.79 Å². The maximum atomic E-state index is 12.3. The lowest BCUT2D eigenvalue weighted by molar-refractivity contribution is 0.282. The number of terminal acetylenes is 1. The second-order valence-electron chi connectivity index (χ2n) is 7.21. The summed E-state index contributed by atoms with van der Waals surface area (Å²) >= 11 is 0. The van der Waals surface area contributed by atoms with Crippen LogP contribution >= 0.6 is 0 Å². The predicted octanol–water partition coefficient (Wildman–Crippen LogP) is 3.04. The standard InChI is InChI=1S/C24H26N6O3/c1-6-14-32-20-12-9-11-19(15-20)18(4)25-26-23(7-2)33-16-21-17(3)10-8-13-22(21)30-24(31)29(5)27-28-30/h1,8-13,15H,7,14,16H2,2-5H3/b25-18+,26-23+. The molecule has 0 spiro atoms. The second kappa shape index (κ2) is 10.9. The molecule has 0 aliphatic rings. The van der Waals surface area contributed by atoms with Crippen molar-refractivity contribution < 1.29 is 9.47 Å². The van der Waals surface area contributed by atoms with Crippen LogP contribution in [0.2, 0.25) is 0 Å². The third-order valence-electron chi connectivity index (χ3n) is 4.91. The molecule has 0 N–H and O–H groups in total. The van der Waals surface area contributed by atoms with Crippen molar-refractivity contribution in [3.05, 3.63) is 69.6 Å². The molecule has 3 aromatic rings. The van der Waals surface area contributed by atoms with Crippen molar-refractivity contribution in [3.63, 3.8) is 0 Å². The van der Waals surface area contributed by atoms with Gasteiger partial charge in [0.1, 0.15) is 19.0 Å². The highest BCUT2D eigenvalue weighted by atomic mass is 16.5. The molecule has 0 amide bonds. The summed E-state index contributed by atoms with van der Waals surface area (Å²) in [5.74, 6) is 3.58. The van der Waals surface area contributed by atoms with Gasteiger partial charge in [0.15, 0.2) is 0 Å². The average molecular weight is 447 g/mol. The summed E-state index contributed by atoms with van der Waals surface area (Å²) < 4.78 is 13.9. The third-order valence-corrected chi connectivity index (χ3v) is 4.91. The SMILES string of the molecule is C#CCOc1cccc(/C(C)=N/N=C(\CC)OCc2c(C)cccc2-n2nnn(C)c2=O)c1. The Morgan fingerprint density at radius 2 is 1.97 bits per heavy atom. The Morgan fingerprint density at radius 1 is 1.18 bits per heavy atom. The number of ether oxygens (including phenoxy) is 2. The molecule has 0 aliphatic heterocycles. The van der Waals surface area contributed by atoms with Gasteiger partial charge in [-0.2, -0.15) is 14.5 Å². The van der Waals surface area contributed by atoms with E-state index in [0.717, 1.165) is 16.7 Å². The molecule has 0 unspecified atom stereocenters. The number of hydrogen-bond donors (Lipinski definition) is 0. The van der Waals surface area contributed by atoms with E-state index in [4.69, 9.17) is 15.9 Å². The van der Waals surface area contributed by atoms with E-state index in [2.05, 4.69) is 26.6 Å². The van der Waals surface area contributed by atoms with Gasteiger partial charge in [-0.15, -0.1) is 11.5 Å². The van der Waals surface area contributed by atoms with Crippen molar-refractivity contribution in [2.24, 2.45) is 17.3 Å². The van der Waals surface area contributed by atoms with Crippen molar-refractivity contribution in [1.29, 1.82) is 0 Å². The molecule has 3 rings (SSSR count). The predicted molar refractivity (Wildman–Crippen MR) is 127 cm³/mol. The number of hydrogen-bond acceptors (Lipinski definition) is 7. The Kier molecular flexibility index (Phi) is 7.76. The van der Waals surface area contributed by atoms with Crippen molar-refractivity contribution >= 4 is 11.6 Å². The topological polar surface area (TPSA) is 95.9 Å². The van der Waals surface area contributed by atoms with Crippen LogP contribution in [0.5, 0.6) is 5.75 Å². The Labute approximate surface area is 192 Å². The zero-order chi connectivity index (χ0) is 23.8. The van der Waals surface area contributed by atoms with Crippen LogP contribution in [0.25, 0.3) is 5.69 Å². The van der Waals surface area contributed by atoms with Gasteiger partial charge in [0.25, 0.3) is 0 Å². The first-order valence-electron chi connectivity index (χ1n) is 10.4. The van der Waals surface area contributed by atoms with E-state index >= 15 is 0 Å². The smallest absolute Gasteiger partial charge is 0.368 e. The zero-order valence-electron chi connectivity index (χ0n) is 19.1. The zero-order valence-corrected chi connectivity index (χ0v) is 19.1. The molecule has 0 saturated carbocycles. The molecule has 9 heteroatoms. The van der Waals surface area contributed by atoms with Crippen LogP contribution in [-0.2, 0) is 18.4 Å². The Hall–Kier alpha value is -4.19. The van der Waals surface area contributed by atoms with Crippen LogP contribution in [0, 0.1) is 19.3 Å². The molecule has 9 nitrogen and oxygen atoms in total. The summed E-state index contributed by atoms with van der Waals surface area (Å²) in [7, 11) is 1.55. The number of aryl methyl sites for hydroxylation is 2. The first kappa shape index (κ1) is 23.5. The van der Waals surface area contributed by atoms with Crippen LogP contribution in [0.1, 0.15) is 37.0 Å². The van der Waals surface area contributed by atoms with Gasteiger partial charge in [-0.05, 0) is 48.0 Å². The number of aromatic nitrogens is 4. The summed E-state index contributed by atoms with van der Waals surface area (Å²) in [5, 5.41) is 16.3. The van der Waals surface area contributed by atoms with Crippen LogP contribution in [-0.4, -0.2) is 38.0 Å². The van der Waals surface area contributed by atoms with Gasteiger partial charge >= 0.3 is 5.69 Å². The van der Waals surface area contributed by atoms with Gasteiger partial charge in [0.05, 0.1) is 11.4 Å². The minimum atomic E-state index is -0.333. The first-order chi connectivity index (χ1) is 15.9. The second-order valence-corrected chi connectivity index (χ2v) is 7.21. The highest BCUT2D eigenvalue weighted by Crippen LogP contribution is 2.18. The number of tetrazole rings is 1. The summed E-state index contributed by atoms with van der Waals surface area (Å²) in [6, 6.07) is 13.1. The fourth-order valence-corrected chi connectivity index (χ4v) is 3.02. The molecule has 0 saturated heterocycles. The molecular weight excluding hydrogens is 420 g/mol. The quantitative estimate of drug-likeness (QED) is 0.229. The first-order valence-corrected chi connectivity index (χ1v) is 10.4. The van der Waals surface area contributed by atoms with Gasteiger partial charge in [-0.25, -0.2) is 4.79 Å². The van der Waals surface area contributed by atoms with Gasteiger partial charge in [-0.1, -0.05) is 37.1 Å². The van der Waals surface area contributed by atoms with Gasteiger partial charge in [0.2, 0.25) is 5.90 Å². The van der Waals surface area contributed by atoms with E-state index in [-0.39, 0.29) is 18.9 Å². The fraction of sp³-hybridized carbons (Fsp3) is 0.292. The monoisotopic (exact) mass is 446 g/mol. The molecular formula is C24H26N6O3. The van der Waals surface area contributed by atoms with E-state index in [1.54, 1.807) is 7.05 Å². The molecule has 33 heavy (non-hydrogen) atoms. The lowest BCUT2D eigenvalue weighted by atomic mass is 10.1. The Morgan fingerprint density at radius 3 is 2.67 bits per heavy atom. The Bertz CT molecular complexity index is 1280. The van der Waals surface area contributed by atoms with E-state index in [1.807, 2.05) is 63.2 Å². The lowest BCUT2D eigenvalue weighted by Crippen LogP contribution is -2.23. The number of rotatable bonds is 8. The van der Waals surface area contributed by atoms with E-state index < -0.39 is 0 Å². The average Bonchev–Trinajstić information content (AvgIpc) is 3.16. The van der Waals surface area contributed by atoms with Crippen LogP contribution in [0.15, 0.2) is 57.5 Å². The van der Waals surface area contributed by atoms with Crippen molar-refractivity contribution in [2.75, 3.05) is 6.61 Å². The minimum Gasteiger partial charge on any atom is -0.481 e. The van der Waals surface area contributed by atoms with Crippen molar-refractivity contribution in [3.8, 4) is 23.8 Å². The van der Waals surface area contributed by atoms with E-state index in [1.165, 1.54) is 9.36 Å². The highest BCUT2D eigenvalue weighted by molar-refractivity contribution is 5.99. The molecule has 0 bridgehead atoms. The summed E-state index contributed by atoms with van der Waals surface area (Å²) in [5.41, 5.74) is 3.64. The molecule has 0 aliphatic carbocycles. The minimum absolute atomic E-state index is 0.202. The largest absolute Gasteiger partial charge is 0.481 e. The molecule has 1 aromatic heterocycles. The number of nitrogens with zero attached hydrogens (tertiary/aromatic N) is 6. The van der Waals surface area contributed by atoms with Crippen molar-refractivity contribution in [1.82, 2.24) is 19.8 Å². The summed E-state index contributed by atoms with van der Waals surface area (Å²) in [6.07, 6.45) is 5.80.